The Morgan fingerprint density at radius 1 is 1.14 bits per heavy atom. The van der Waals surface area contributed by atoms with E-state index in [1.807, 2.05) is 6.92 Å². The fraction of sp³-hybridized carbons (Fsp3) is 0.400. The van der Waals surface area contributed by atoms with Crippen molar-refractivity contribution in [1.29, 1.82) is 0 Å². The van der Waals surface area contributed by atoms with E-state index in [0.29, 0.717) is 28.8 Å². The minimum atomic E-state index is -4.67. The van der Waals surface area contributed by atoms with Gasteiger partial charge in [0.1, 0.15) is 18.1 Å². The summed E-state index contributed by atoms with van der Waals surface area (Å²) in [5.41, 5.74) is 0.428. The molecule has 1 amide bonds. The topological polar surface area (TPSA) is 64.4 Å². The SMILES string of the molecule is CCOC(=O)Cn1cc(-c2ccc(F)cc2CN(CC)C(=O)C2CC2)c2nc(C(F)(F)F)ccc21. The molecule has 4 rings (SSSR count). The zero-order valence-electron chi connectivity index (χ0n) is 19.4. The van der Waals surface area contributed by atoms with Crippen LogP contribution in [0.3, 0.4) is 0 Å². The largest absolute Gasteiger partial charge is 0.465 e. The first-order chi connectivity index (χ1) is 16.6. The maximum Gasteiger partial charge on any atom is 0.433 e. The van der Waals surface area contributed by atoms with E-state index in [1.165, 1.54) is 35.0 Å². The van der Waals surface area contributed by atoms with E-state index in [-0.39, 0.29) is 37.0 Å². The van der Waals surface area contributed by atoms with Gasteiger partial charge in [-0.2, -0.15) is 13.2 Å². The van der Waals surface area contributed by atoms with Gasteiger partial charge in [0, 0.05) is 30.8 Å². The Bertz CT molecular complexity index is 1260. The van der Waals surface area contributed by atoms with Gasteiger partial charge < -0.3 is 14.2 Å². The van der Waals surface area contributed by atoms with Crippen molar-refractivity contribution in [3.63, 3.8) is 0 Å². The molecule has 10 heteroatoms. The number of alkyl halides is 3. The van der Waals surface area contributed by atoms with Crippen LogP contribution in [0.1, 0.15) is 37.9 Å². The summed E-state index contributed by atoms with van der Waals surface area (Å²) < 4.78 is 61.1. The van der Waals surface area contributed by atoms with E-state index in [1.54, 1.807) is 11.8 Å². The Kier molecular flexibility index (Phi) is 6.82. The second-order valence-corrected chi connectivity index (χ2v) is 8.47. The Morgan fingerprint density at radius 2 is 1.89 bits per heavy atom. The molecule has 3 aromatic rings. The molecule has 1 saturated carbocycles. The number of amides is 1. The van der Waals surface area contributed by atoms with E-state index in [0.717, 1.165) is 18.9 Å². The molecule has 6 nitrogen and oxygen atoms in total. The molecule has 0 radical (unpaired) electrons. The van der Waals surface area contributed by atoms with Gasteiger partial charge in [-0.3, -0.25) is 9.59 Å². The zero-order chi connectivity index (χ0) is 25.3. The van der Waals surface area contributed by atoms with Gasteiger partial charge in [-0.05, 0) is 62.1 Å². The summed E-state index contributed by atoms with van der Waals surface area (Å²) in [4.78, 5) is 30.3. The average Bonchev–Trinajstić information content (AvgIpc) is 3.60. The number of ether oxygens (including phenoxy) is 1. The molecular weight excluding hydrogens is 466 g/mol. The van der Waals surface area contributed by atoms with Crippen molar-refractivity contribution in [1.82, 2.24) is 14.5 Å². The molecule has 1 aliphatic carbocycles. The van der Waals surface area contributed by atoms with E-state index < -0.39 is 23.7 Å². The Labute approximate surface area is 199 Å². The van der Waals surface area contributed by atoms with E-state index in [2.05, 4.69) is 4.98 Å². The third-order valence-electron chi connectivity index (χ3n) is 5.96. The van der Waals surface area contributed by atoms with Crippen molar-refractivity contribution in [3.8, 4) is 11.1 Å². The summed E-state index contributed by atoms with van der Waals surface area (Å²) in [6, 6.07) is 6.06. The van der Waals surface area contributed by atoms with Gasteiger partial charge in [-0.1, -0.05) is 6.07 Å². The molecule has 0 saturated heterocycles. The van der Waals surface area contributed by atoms with Crippen molar-refractivity contribution in [2.45, 2.75) is 46.0 Å². The van der Waals surface area contributed by atoms with Crippen LogP contribution in [0, 0.1) is 11.7 Å². The average molecular weight is 491 g/mol. The molecule has 0 atom stereocenters. The molecule has 0 N–H and O–H groups in total. The van der Waals surface area contributed by atoms with Gasteiger partial charge in [0.25, 0.3) is 0 Å². The van der Waals surface area contributed by atoms with E-state index in [9.17, 15) is 27.2 Å². The van der Waals surface area contributed by atoms with Gasteiger partial charge in [-0.25, -0.2) is 9.37 Å². The highest BCUT2D eigenvalue weighted by molar-refractivity contribution is 5.95. The molecule has 0 bridgehead atoms. The fourth-order valence-electron chi connectivity index (χ4n) is 4.10. The van der Waals surface area contributed by atoms with E-state index >= 15 is 0 Å². The highest BCUT2D eigenvalue weighted by Gasteiger charge is 2.34. The number of carbonyl (C=O) groups is 2. The van der Waals surface area contributed by atoms with E-state index in [4.69, 9.17) is 4.74 Å². The lowest BCUT2D eigenvalue weighted by Crippen LogP contribution is -2.31. The molecule has 1 fully saturated rings. The van der Waals surface area contributed by atoms with Gasteiger partial charge in [0.15, 0.2) is 0 Å². The number of carbonyl (C=O) groups excluding carboxylic acids is 2. The van der Waals surface area contributed by atoms with Crippen LogP contribution in [0.25, 0.3) is 22.2 Å². The number of fused-ring (bicyclic) bond motifs is 1. The van der Waals surface area contributed by atoms with Crippen molar-refractivity contribution in [2.24, 2.45) is 5.92 Å². The highest BCUT2D eigenvalue weighted by Crippen LogP contribution is 2.37. The number of aromatic nitrogens is 2. The maximum absolute atomic E-state index is 14.3. The van der Waals surface area contributed by atoms with Crippen LogP contribution in [0.4, 0.5) is 17.6 Å². The second kappa shape index (κ2) is 9.67. The Morgan fingerprint density at radius 3 is 2.51 bits per heavy atom. The fourth-order valence-corrected chi connectivity index (χ4v) is 4.10. The van der Waals surface area contributed by atoms with Crippen LogP contribution < -0.4 is 0 Å². The second-order valence-electron chi connectivity index (χ2n) is 8.47. The molecule has 186 valence electrons. The summed E-state index contributed by atoms with van der Waals surface area (Å²) >= 11 is 0. The van der Waals surface area contributed by atoms with Crippen molar-refractivity contribution >= 4 is 22.9 Å². The van der Waals surface area contributed by atoms with Crippen LogP contribution >= 0.6 is 0 Å². The standard InChI is InChI=1S/C25H25F4N3O3/c1-3-31(24(34)15-5-6-15)12-16-11-17(26)7-8-18(16)19-13-32(14-22(33)35-4-2)20-9-10-21(25(27,28)29)30-23(19)20/h7-11,13,15H,3-6,12,14H2,1-2H3. The molecule has 0 spiro atoms. The zero-order valence-corrected chi connectivity index (χ0v) is 19.4. The predicted molar refractivity (Wildman–Crippen MR) is 121 cm³/mol. The van der Waals surface area contributed by atoms with Crippen LogP contribution in [0.5, 0.6) is 0 Å². The number of hydrogen-bond acceptors (Lipinski definition) is 4. The number of pyridine rings is 1. The lowest BCUT2D eigenvalue weighted by molar-refractivity contribution is -0.144. The first-order valence-corrected chi connectivity index (χ1v) is 11.4. The smallest absolute Gasteiger partial charge is 0.433 e. The number of rotatable bonds is 8. The molecule has 1 aromatic carbocycles. The van der Waals surface area contributed by atoms with Crippen LogP contribution in [0.15, 0.2) is 36.5 Å². The van der Waals surface area contributed by atoms with Crippen LogP contribution in [-0.4, -0.2) is 39.5 Å². The van der Waals surface area contributed by atoms with Crippen molar-refractivity contribution in [3.05, 3.63) is 53.6 Å². The van der Waals surface area contributed by atoms with Gasteiger partial charge >= 0.3 is 12.1 Å². The van der Waals surface area contributed by atoms with Gasteiger partial charge in [0.05, 0.1) is 17.6 Å². The lowest BCUT2D eigenvalue weighted by Gasteiger charge is -2.22. The lowest BCUT2D eigenvalue weighted by atomic mass is 10.00. The minimum Gasteiger partial charge on any atom is -0.465 e. The third-order valence-corrected chi connectivity index (χ3v) is 5.96. The first-order valence-electron chi connectivity index (χ1n) is 11.4. The van der Waals surface area contributed by atoms with Crippen molar-refractivity contribution in [2.75, 3.05) is 13.2 Å². The van der Waals surface area contributed by atoms with Gasteiger partial charge in [-0.15, -0.1) is 0 Å². The molecule has 0 aliphatic heterocycles. The number of nitrogens with zero attached hydrogens (tertiary/aromatic N) is 3. The molecule has 2 aromatic heterocycles. The summed E-state index contributed by atoms with van der Waals surface area (Å²) in [7, 11) is 0. The Hall–Kier alpha value is -3.43. The van der Waals surface area contributed by atoms with Crippen LogP contribution in [0.2, 0.25) is 0 Å². The summed E-state index contributed by atoms with van der Waals surface area (Å²) in [5, 5.41) is 0. The molecule has 2 heterocycles. The maximum atomic E-state index is 14.3. The quantitative estimate of drug-likeness (QED) is 0.322. The summed E-state index contributed by atoms with van der Waals surface area (Å²) in [6.07, 6.45) is -1.52. The normalized spacial score (nSPS) is 13.8. The number of esters is 1. The summed E-state index contributed by atoms with van der Waals surface area (Å²) in [6.45, 7) is 3.92. The first kappa shape index (κ1) is 24.7. The Balaban J connectivity index is 1.84. The monoisotopic (exact) mass is 491 g/mol. The predicted octanol–water partition coefficient (Wildman–Crippen LogP) is 5.18. The molecular formula is C25H25F4N3O3. The molecule has 35 heavy (non-hydrogen) atoms. The minimum absolute atomic E-state index is 0.0218. The third kappa shape index (κ3) is 5.31. The van der Waals surface area contributed by atoms with Crippen LogP contribution in [-0.2, 0) is 33.6 Å². The van der Waals surface area contributed by atoms with Crippen molar-refractivity contribution < 1.29 is 31.9 Å². The number of benzene rings is 1. The number of halogens is 4. The highest BCUT2D eigenvalue weighted by atomic mass is 19.4. The summed E-state index contributed by atoms with van der Waals surface area (Å²) in [5.74, 6) is -1.14. The molecule has 1 aliphatic rings. The molecule has 0 unspecified atom stereocenters. The van der Waals surface area contributed by atoms with Gasteiger partial charge in [0.2, 0.25) is 5.91 Å². The number of hydrogen-bond donors (Lipinski definition) is 0.